The molecule has 0 aromatic heterocycles. The molecule has 0 fully saturated rings. The molecule has 0 saturated carbocycles. The van der Waals surface area contributed by atoms with Crippen LogP contribution < -0.4 is 5.73 Å². The van der Waals surface area contributed by atoms with E-state index < -0.39 is 0 Å². The van der Waals surface area contributed by atoms with Crippen LogP contribution in [0.3, 0.4) is 0 Å². The van der Waals surface area contributed by atoms with E-state index in [4.69, 9.17) is 17.3 Å². The molecule has 64 valence electrons. The van der Waals surface area contributed by atoms with E-state index in [1.165, 1.54) is 6.92 Å². The minimum Gasteiger partial charge on any atom is -0.399 e. The predicted molar refractivity (Wildman–Crippen MR) is 53.6 cm³/mol. The van der Waals surface area contributed by atoms with Gasteiger partial charge in [0.05, 0.1) is 5.02 Å². The largest absolute Gasteiger partial charge is 0.399 e. The number of benzene rings is 1. The number of hydrogen-bond donors (Lipinski definition) is 1. The van der Waals surface area contributed by atoms with Crippen LogP contribution in [0.25, 0.3) is 0 Å². The Balaban J connectivity index is 3.37. The number of carbonyl (C=O) groups excluding carboxylic acids is 1. The summed E-state index contributed by atoms with van der Waals surface area (Å²) >= 11 is 8.99. The van der Waals surface area contributed by atoms with Crippen molar-refractivity contribution in [3.05, 3.63) is 27.2 Å². The predicted octanol–water partition coefficient (Wildman–Crippen LogP) is 2.89. The van der Waals surface area contributed by atoms with Gasteiger partial charge in [0, 0.05) is 15.7 Å². The van der Waals surface area contributed by atoms with E-state index in [1.54, 1.807) is 12.1 Å². The maximum Gasteiger partial charge on any atom is 0.161 e. The van der Waals surface area contributed by atoms with E-state index in [9.17, 15) is 4.79 Å². The maximum atomic E-state index is 11.0. The van der Waals surface area contributed by atoms with Gasteiger partial charge < -0.3 is 5.73 Å². The van der Waals surface area contributed by atoms with Crippen molar-refractivity contribution >= 4 is 39.0 Å². The highest BCUT2D eigenvalue weighted by molar-refractivity contribution is 9.10. The molecule has 0 spiro atoms. The van der Waals surface area contributed by atoms with E-state index in [2.05, 4.69) is 15.9 Å². The van der Waals surface area contributed by atoms with Gasteiger partial charge in [-0.25, -0.2) is 0 Å². The van der Waals surface area contributed by atoms with E-state index in [0.29, 0.717) is 20.7 Å². The van der Waals surface area contributed by atoms with Gasteiger partial charge in [-0.3, -0.25) is 4.79 Å². The molecular weight excluding hydrogens is 241 g/mol. The molecule has 0 amide bonds. The lowest BCUT2D eigenvalue weighted by Gasteiger charge is -2.03. The second-order valence-corrected chi connectivity index (χ2v) is 3.62. The Bertz CT molecular complexity index is 338. The van der Waals surface area contributed by atoms with Crippen molar-refractivity contribution in [2.75, 3.05) is 5.73 Å². The minimum atomic E-state index is -0.0592. The van der Waals surface area contributed by atoms with Gasteiger partial charge in [0.2, 0.25) is 0 Å². The average Bonchev–Trinajstić information content (AvgIpc) is 1.96. The van der Waals surface area contributed by atoms with Crippen molar-refractivity contribution < 1.29 is 4.79 Å². The lowest BCUT2D eigenvalue weighted by molar-refractivity contribution is 0.101. The van der Waals surface area contributed by atoms with Crippen LogP contribution in [0.5, 0.6) is 0 Å². The fourth-order valence-corrected chi connectivity index (χ4v) is 1.60. The van der Waals surface area contributed by atoms with Gasteiger partial charge in [0.25, 0.3) is 0 Å². The number of ketones is 1. The van der Waals surface area contributed by atoms with Crippen LogP contribution in [-0.2, 0) is 0 Å². The van der Waals surface area contributed by atoms with Crippen LogP contribution in [-0.4, -0.2) is 5.78 Å². The van der Waals surface area contributed by atoms with Gasteiger partial charge in [-0.15, -0.1) is 0 Å². The van der Waals surface area contributed by atoms with Crippen LogP contribution in [0.2, 0.25) is 5.02 Å². The lowest BCUT2D eigenvalue weighted by Crippen LogP contribution is -1.96. The third kappa shape index (κ3) is 1.79. The minimum absolute atomic E-state index is 0.0592. The summed E-state index contributed by atoms with van der Waals surface area (Å²) < 4.78 is 0.603. The molecule has 0 aliphatic carbocycles. The summed E-state index contributed by atoms with van der Waals surface area (Å²) in [7, 11) is 0. The zero-order valence-electron chi connectivity index (χ0n) is 6.40. The SMILES string of the molecule is CC(=O)c1cc(N)cc(Cl)c1Br. The van der Waals surface area contributed by atoms with Crippen molar-refractivity contribution in [2.45, 2.75) is 6.92 Å². The second kappa shape index (κ2) is 3.46. The highest BCUT2D eigenvalue weighted by atomic mass is 79.9. The first-order valence-corrected chi connectivity index (χ1v) is 4.45. The number of carbonyl (C=O) groups is 1. The molecule has 1 aromatic carbocycles. The summed E-state index contributed by atoms with van der Waals surface area (Å²) in [5.41, 5.74) is 6.52. The summed E-state index contributed by atoms with van der Waals surface area (Å²) in [6.07, 6.45) is 0. The molecule has 12 heavy (non-hydrogen) atoms. The van der Waals surface area contributed by atoms with E-state index in [0.717, 1.165) is 0 Å². The number of nitrogen functional groups attached to an aromatic ring is 1. The van der Waals surface area contributed by atoms with Crippen LogP contribution in [0.4, 0.5) is 5.69 Å². The van der Waals surface area contributed by atoms with Crippen molar-refractivity contribution in [1.29, 1.82) is 0 Å². The number of anilines is 1. The molecular formula is C8H7BrClNO. The molecule has 0 aliphatic rings. The maximum absolute atomic E-state index is 11.0. The van der Waals surface area contributed by atoms with E-state index in [1.807, 2.05) is 0 Å². The molecule has 0 aliphatic heterocycles. The third-order valence-corrected chi connectivity index (χ3v) is 2.81. The molecule has 0 saturated heterocycles. The van der Waals surface area contributed by atoms with Crippen LogP contribution >= 0.6 is 27.5 Å². The average molecular weight is 249 g/mol. The summed E-state index contributed by atoms with van der Waals surface area (Å²) in [4.78, 5) is 11.0. The van der Waals surface area contributed by atoms with Gasteiger partial charge >= 0.3 is 0 Å². The van der Waals surface area contributed by atoms with Crippen molar-refractivity contribution in [3.8, 4) is 0 Å². The number of Topliss-reactive ketones (excluding diaryl/α,β-unsaturated/α-hetero) is 1. The van der Waals surface area contributed by atoms with Gasteiger partial charge in [0.15, 0.2) is 5.78 Å². The van der Waals surface area contributed by atoms with Gasteiger partial charge in [-0.1, -0.05) is 11.6 Å². The fourth-order valence-electron chi connectivity index (χ4n) is 0.866. The summed E-state index contributed by atoms with van der Waals surface area (Å²) in [5, 5.41) is 0.459. The molecule has 0 atom stereocenters. The molecule has 2 nitrogen and oxygen atoms in total. The quantitative estimate of drug-likeness (QED) is 0.613. The Labute approximate surface area is 83.8 Å². The van der Waals surface area contributed by atoms with E-state index in [-0.39, 0.29) is 5.78 Å². The number of hydrogen-bond acceptors (Lipinski definition) is 2. The number of halogens is 2. The third-order valence-electron chi connectivity index (χ3n) is 1.43. The smallest absolute Gasteiger partial charge is 0.161 e. The van der Waals surface area contributed by atoms with E-state index >= 15 is 0 Å². The van der Waals surface area contributed by atoms with Crippen LogP contribution in [0, 0.1) is 0 Å². The Morgan fingerprint density at radius 3 is 2.67 bits per heavy atom. The highest BCUT2D eigenvalue weighted by Gasteiger charge is 2.09. The van der Waals surface area contributed by atoms with Gasteiger partial charge in [0.1, 0.15) is 0 Å². The zero-order chi connectivity index (χ0) is 9.30. The molecule has 0 bridgehead atoms. The first-order chi connectivity index (χ1) is 5.52. The van der Waals surface area contributed by atoms with Crippen molar-refractivity contribution in [2.24, 2.45) is 0 Å². The number of nitrogens with two attached hydrogens (primary N) is 1. The zero-order valence-corrected chi connectivity index (χ0v) is 8.74. The lowest BCUT2D eigenvalue weighted by atomic mass is 10.1. The van der Waals surface area contributed by atoms with Crippen molar-refractivity contribution in [1.82, 2.24) is 0 Å². The first kappa shape index (κ1) is 9.55. The number of rotatable bonds is 1. The molecule has 4 heteroatoms. The Morgan fingerprint density at radius 2 is 2.17 bits per heavy atom. The standard InChI is InChI=1S/C8H7BrClNO/c1-4(12)6-2-5(11)3-7(10)8(6)9/h2-3H,11H2,1H3. The van der Waals surface area contributed by atoms with Crippen LogP contribution in [0.1, 0.15) is 17.3 Å². The topological polar surface area (TPSA) is 43.1 Å². The van der Waals surface area contributed by atoms with Gasteiger partial charge in [-0.05, 0) is 35.0 Å². The summed E-state index contributed by atoms with van der Waals surface area (Å²) in [6.45, 7) is 1.47. The Hall–Kier alpha value is -0.540. The highest BCUT2D eigenvalue weighted by Crippen LogP contribution is 2.29. The monoisotopic (exact) mass is 247 g/mol. The molecule has 1 aromatic rings. The molecule has 2 N–H and O–H groups in total. The Kier molecular flexibility index (Phi) is 2.75. The molecule has 0 heterocycles. The second-order valence-electron chi connectivity index (χ2n) is 2.42. The molecule has 0 unspecified atom stereocenters. The van der Waals surface area contributed by atoms with Crippen LogP contribution in [0.15, 0.2) is 16.6 Å². The molecule has 1 rings (SSSR count). The van der Waals surface area contributed by atoms with Crippen molar-refractivity contribution in [3.63, 3.8) is 0 Å². The fraction of sp³-hybridized carbons (Fsp3) is 0.125. The first-order valence-electron chi connectivity index (χ1n) is 3.28. The summed E-state index contributed by atoms with van der Waals surface area (Å²) in [6, 6.07) is 3.19. The Morgan fingerprint density at radius 1 is 1.58 bits per heavy atom. The normalized spacial score (nSPS) is 9.92. The van der Waals surface area contributed by atoms with Gasteiger partial charge in [-0.2, -0.15) is 0 Å². The molecule has 0 radical (unpaired) electrons. The summed E-state index contributed by atoms with van der Waals surface area (Å²) in [5.74, 6) is -0.0592.